The number of alkyl halides is 2. The molecule has 0 unspecified atom stereocenters. The zero-order valence-corrected chi connectivity index (χ0v) is 13.2. The Balaban J connectivity index is 2.30. The monoisotopic (exact) mass is 392 g/mol. The van der Waals surface area contributed by atoms with Gasteiger partial charge < -0.3 is 9.63 Å². The summed E-state index contributed by atoms with van der Waals surface area (Å²) in [6.07, 6.45) is -0.320. The highest BCUT2D eigenvalue weighted by Gasteiger charge is 2.40. The van der Waals surface area contributed by atoms with Crippen molar-refractivity contribution < 1.29 is 23.2 Å². The summed E-state index contributed by atoms with van der Waals surface area (Å²) in [6, 6.07) is 3.62. The van der Waals surface area contributed by atoms with Crippen molar-refractivity contribution >= 4 is 33.5 Å². The molecule has 0 aliphatic rings. The number of benzene rings is 1. The first-order valence-electron chi connectivity index (χ1n) is 5.79. The summed E-state index contributed by atoms with van der Waals surface area (Å²) in [5.41, 5.74) is -0.657. The van der Waals surface area contributed by atoms with Crippen LogP contribution in [0.25, 0.3) is 0 Å². The van der Waals surface area contributed by atoms with Gasteiger partial charge in [0.1, 0.15) is 0 Å². The highest BCUT2D eigenvalue weighted by Crippen LogP contribution is 2.36. The van der Waals surface area contributed by atoms with Gasteiger partial charge in [0.05, 0.1) is 11.4 Å². The van der Waals surface area contributed by atoms with Crippen molar-refractivity contribution in [3.05, 3.63) is 57.1 Å². The maximum atomic E-state index is 14.3. The number of hydrogen-bond donors (Lipinski definition) is 1. The van der Waals surface area contributed by atoms with Crippen molar-refractivity contribution in [1.82, 2.24) is 10.1 Å². The second kappa shape index (κ2) is 6.13. The summed E-state index contributed by atoms with van der Waals surface area (Å²) in [5.74, 6) is -5.94. The Morgan fingerprint density at radius 3 is 2.77 bits per heavy atom. The number of aliphatic carboxylic acids is 1. The first-order valence-corrected chi connectivity index (χ1v) is 6.96. The predicted octanol–water partition coefficient (Wildman–Crippen LogP) is 3.81. The quantitative estimate of drug-likeness (QED) is 0.782. The molecule has 2 aromatic rings. The molecule has 0 atom stereocenters. The second-order valence-electron chi connectivity index (χ2n) is 4.30. The van der Waals surface area contributed by atoms with Crippen LogP contribution in [-0.4, -0.2) is 21.2 Å². The number of hydrogen-bond acceptors (Lipinski definition) is 4. The molecule has 5 nitrogen and oxygen atoms in total. The van der Waals surface area contributed by atoms with E-state index in [1.165, 1.54) is 12.1 Å². The molecule has 9 heteroatoms. The number of aromatic nitrogens is 2. The third-order valence-corrected chi connectivity index (χ3v) is 3.93. The van der Waals surface area contributed by atoms with Gasteiger partial charge in [-0.2, -0.15) is 13.8 Å². The smallest absolute Gasteiger partial charge is 0.335 e. The Morgan fingerprint density at radius 1 is 1.50 bits per heavy atom. The molecule has 1 aromatic heterocycles. The Hall–Kier alpha value is -1.80. The topological polar surface area (TPSA) is 76.2 Å². The van der Waals surface area contributed by atoms with E-state index in [9.17, 15) is 13.6 Å². The largest absolute Gasteiger partial charge is 0.478 e. The molecule has 0 spiro atoms. The Morgan fingerprint density at radius 2 is 2.18 bits per heavy atom. The lowest BCUT2D eigenvalue weighted by Gasteiger charge is -2.12. The van der Waals surface area contributed by atoms with Gasteiger partial charge in [-0.25, -0.2) is 4.79 Å². The summed E-state index contributed by atoms with van der Waals surface area (Å²) in [6.45, 7) is 3.26. The second-order valence-corrected chi connectivity index (χ2v) is 5.56. The van der Waals surface area contributed by atoms with Crippen molar-refractivity contribution in [2.75, 3.05) is 0 Å². The Bertz CT molecular complexity index is 749. The van der Waals surface area contributed by atoms with Crippen LogP contribution in [0.2, 0.25) is 5.02 Å². The molecule has 1 heterocycles. The maximum Gasteiger partial charge on any atom is 0.335 e. The molecule has 1 aromatic carbocycles. The van der Waals surface area contributed by atoms with Crippen LogP contribution in [-0.2, 0) is 17.1 Å². The number of rotatable bonds is 5. The molecule has 0 aliphatic heterocycles. The molecule has 1 N–H and O–H groups in total. The Kier molecular flexibility index (Phi) is 4.62. The van der Waals surface area contributed by atoms with Gasteiger partial charge in [0.2, 0.25) is 11.7 Å². The number of carboxylic acids is 1. The van der Waals surface area contributed by atoms with Crippen LogP contribution in [0.15, 0.2) is 39.3 Å². The summed E-state index contributed by atoms with van der Waals surface area (Å²) in [7, 11) is 0. The van der Waals surface area contributed by atoms with E-state index in [1.54, 1.807) is 0 Å². The Labute approximate surface area is 136 Å². The van der Waals surface area contributed by atoms with Crippen LogP contribution in [0.3, 0.4) is 0 Å². The third-order valence-electron chi connectivity index (χ3n) is 2.70. The molecular weight excluding hydrogens is 386 g/mol. The van der Waals surface area contributed by atoms with Crippen LogP contribution in [0.5, 0.6) is 0 Å². The van der Waals surface area contributed by atoms with E-state index in [1.807, 2.05) is 0 Å². The number of carboxylic acid groups (broad SMARTS) is 1. The minimum absolute atomic E-state index is 0.111. The van der Waals surface area contributed by atoms with Gasteiger partial charge in [0, 0.05) is 15.6 Å². The SMILES string of the molecule is C=C(Cc1nc(C(F)(F)c2ccc(Br)c(Cl)c2)no1)C(=O)O. The van der Waals surface area contributed by atoms with Crippen LogP contribution < -0.4 is 0 Å². The summed E-state index contributed by atoms with van der Waals surface area (Å²) in [4.78, 5) is 14.2. The first kappa shape index (κ1) is 16.6. The molecule has 116 valence electrons. The van der Waals surface area contributed by atoms with Gasteiger partial charge in [-0.1, -0.05) is 29.4 Å². The molecule has 0 saturated carbocycles. The van der Waals surface area contributed by atoms with Crippen molar-refractivity contribution in [1.29, 1.82) is 0 Å². The first-order chi connectivity index (χ1) is 10.2. The maximum absolute atomic E-state index is 14.3. The summed E-state index contributed by atoms with van der Waals surface area (Å²) in [5, 5.41) is 12.0. The zero-order chi connectivity index (χ0) is 16.5. The van der Waals surface area contributed by atoms with Gasteiger partial charge in [-0.15, -0.1) is 0 Å². The van der Waals surface area contributed by atoms with Crippen LogP contribution in [0.4, 0.5) is 8.78 Å². The summed E-state index contributed by atoms with van der Waals surface area (Å²) >= 11 is 8.90. The van der Waals surface area contributed by atoms with E-state index in [0.717, 1.165) is 6.07 Å². The van der Waals surface area contributed by atoms with Gasteiger partial charge in [0.15, 0.2) is 0 Å². The fourth-order valence-electron chi connectivity index (χ4n) is 1.53. The minimum Gasteiger partial charge on any atom is -0.478 e. The summed E-state index contributed by atoms with van der Waals surface area (Å²) < 4.78 is 33.7. The van der Waals surface area contributed by atoms with E-state index in [4.69, 9.17) is 16.7 Å². The zero-order valence-electron chi connectivity index (χ0n) is 10.8. The molecule has 0 saturated heterocycles. The number of halogens is 4. The van der Waals surface area contributed by atoms with Gasteiger partial charge >= 0.3 is 11.9 Å². The van der Waals surface area contributed by atoms with Crippen LogP contribution in [0.1, 0.15) is 17.3 Å². The standard InChI is InChI=1S/C13H8BrClF2N2O3/c1-6(11(20)21)4-10-18-12(19-22-10)13(16,17)7-2-3-8(14)9(15)5-7/h2-3,5H,1,4H2,(H,20,21). The lowest BCUT2D eigenvalue weighted by Crippen LogP contribution is -2.17. The third kappa shape index (κ3) is 3.33. The van der Waals surface area contributed by atoms with E-state index < -0.39 is 23.3 Å². The van der Waals surface area contributed by atoms with E-state index in [2.05, 4.69) is 37.2 Å². The van der Waals surface area contributed by atoms with Crippen LogP contribution >= 0.6 is 27.5 Å². The fraction of sp³-hybridized carbons (Fsp3) is 0.154. The molecule has 0 radical (unpaired) electrons. The normalized spacial score (nSPS) is 11.5. The minimum atomic E-state index is -3.53. The lowest BCUT2D eigenvalue weighted by atomic mass is 10.1. The molecule has 0 bridgehead atoms. The van der Waals surface area contributed by atoms with Crippen molar-refractivity contribution in [2.45, 2.75) is 12.3 Å². The fourth-order valence-corrected chi connectivity index (χ4v) is 1.96. The van der Waals surface area contributed by atoms with Crippen molar-refractivity contribution in [3.63, 3.8) is 0 Å². The molecule has 0 fully saturated rings. The molecule has 0 aliphatic carbocycles. The van der Waals surface area contributed by atoms with E-state index in [0.29, 0.717) is 4.47 Å². The molecule has 22 heavy (non-hydrogen) atoms. The highest BCUT2D eigenvalue weighted by atomic mass is 79.9. The van der Waals surface area contributed by atoms with E-state index in [-0.39, 0.29) is 22.9 Å². The van der Waals surface area contributed by atoms with Gasteiger partial charge in [0.25, 0.3) is 0 Å². The molecule has 0 amide bonds. The average Bonchev–Trinajstić information content (AvgIpc) is 2.90. The average molecular weight is 394 g/mol. The van der Waals surface area contributed by atoms with E-state index >= 15 is 0 Å². The predicted molar refractivity (Wildman–Crippen MR) is 76.9 cm³/mol. The number of carbonyl (C=O) groups is 1. The number of nitrogens with zero attached hydrogens (tertiary/aromatic N) is 2. The lowest BCUT2D eigenvalue weighted by molar-refractivity contribution is -0.132. The highest BCUT2D eigenvalue weighted by molar-refractivity contribution is 9.10. The molecular formula is C13H8BrClF2N2O3. The van der Waals surface area contributed by atoms with Crippen molar-refractivity contribution in [3.8, 4) is 0 Å². The van der Waals surface area contributed by atoms with Gasteiger partial charge in [-0.3, -0.25) is 0 Å². The van der Waals surface area contributed by atoms with Crippen molar-refractivity contribution in [2.24, 2.45) is 0 Å². The molecule has 2 rings (SSSR count). The van der Waals surface area contributed by atoms with Crippen LogP contribution in [0, 0.1) is 0 Å². The van der Waals surface area contributed by atoms with Gasteiger partial charge in [-0.05, 0) is 28.1 Å².